The highest BCUT2D eigenvalue weighted by Crippen LogP contribution is 2.09. The molecule has 0 saturated heterocycles. The average Bonchev–Trinajstić information content (AvgIpc) is 2.19. The number of ether oxygens (including phenoxy) is 1. The highest BCUT2D eigenvalue weighted by molar-refractivity contribution is 5.71. The molecule has 1 aromatic rings. The summed E-state index contributed by atoms with van der Waals surface area (Å²) in [7, 11) is 1.64. The van der Waals surface area contributed by atoms with Crippen LogP contribution in [0.5, 0.6) is 5.75 Å². The second-order valence-electron chi connectivity index (χ2n) is 2.77. The minimum absolute atomic E-state index is 0.394. The number of nitrogens with zero attached hydrogens (tertiary/aromatic N) is 1. The van der Waals surface area contributed by atoms with Crippen molar-refractivity contribution < 1.29 is 9.53 Å². The number of amides is 1. The minimum Gasteiger partial charge on any atom is -0.410 e. The van der Waals surface area contributed by atoms with Crippen LogP contribution in [-0.2, 0) is 0 Å². The summed E-state index contributed by atoms with van der Waals surface area (Å²) in [5, 5.41) is 0. The van der Waals surface area contributed by atoms with Gasteiger partial charge in [-0.05, 0) is 19.1 Å². The van der Waals surface area contributed by atoms with E-state index in [0.29, 0.717) is 5.75 Å². The third-order valence-electron chi connectivity index (χ3n) is 1.61. The smallest absolute Gasteiger partial charge is 0.410 e. The molecule has 0 atom stereocenters. The molecule has 0 spiro atoms. The maximum Gasteiger partial charge on any atom is 0.418 e. The number of rotatable bonds is 2. The monoisotopic (exact) mass is 191 g/mol. The largest absolute Gasteiger partial charge is 0.418 e. The van der Waals surface area contributed by atoms with Gasteiger partial charge in [-0.3, -0.25) is 4.90 Å². The van der Waals surface area contributed by atoms with Crippen LogP contribution in [0.15, 0.2) is 42.6 Å². The summed E-state index contributed by atoms with van der Waals surface area (Å²) in [5.41, 5.74) is 0. The van der Waals surface area contributed by atoms with E-state index in [1.54, 1.807) is 31.5 Å². The molecule has 0 heterocycles. The van der Waals surface area contributed by atoms with Gasteiger partial charge in [-0.1, -0.05) is 24.3 Å². The molecule has 14 heavy (non-hydrogen) atoms. The first kappa shape index (κ1) is 10.3. The molecule has 0 saturated carbocycles. The molecule has 3 nitrogen and oxygen atoms in total. The number of benzene rings is 1. The van der Waals surface area contributed by atoms with Crippen molar-refractivity contribution in [2.24, 2.45) is 0 Å². The Morgan fingerprint density at radius 3 is 2.57 bits per heavy atom. The summed E-state index contributed by atoms with van der Waals surface area (Å²) in [6, 6.07) is 8.98. The third-order valence-corrected chi connectivity index (χ3v) is 1.61. The van der Waals surface area contributed by atoms with Crippen molar-refractivity contribution in [3.8, 4) is 5.75 Å². The molecule has 3 heteroatoms. The minimum atomic E-state index is -0.394. The van der Waals surface area contributed by atoms with Gasteiger partial charge >= 0.3 is 6.09 Å². The first-order valence-electron chi connectivity index (χ1n) is 4.36. The van der Waals surface area contributed by atoms with Crippen molar-refractivity contribution in [1.29, 1.82) is 0 Å². The normalized spacial score (nSPS) is 10.1. The summed E-state index contributed by atoms with van der Waals surface area (Å²) in [6.07, 6.45) is 3.02. The van der Waals surface area contributed by atoms with Crippen LogP contribution in [0.25, 0.3) is 0 Å². The summed E-state index contributed by atoms with van der Waals surface area (Å²) in [5.74, 6) is 0.550. The van der Waals surface area contributed by atoms with Crippen molar-refractivity contribution in [3.63, 3.8) is 0 Å². The van der Waals surface area contributed by atoms with E-state index >= 15 is 0 Å². The van der Waals surface area contributed by atoms with Crippen LogP contribution in [-0.4, -0.2) is 18.0 Å². The standard InChI is InChI=1S/C11H13NO2/c1-3-9-12(2)11(13)14-10-7-5-4-6-8-10/h3-9H,1-2H3/b9-3+. The third kappa shape index (κ3) is 2.94. The first-order valence-corrected chi connectivity index (χ1v) is 4.36. The summed E-state index contributed by atoms with van der Waals surface area (Å²) in [4.78, 5) is 12.7. The number of carbonyl (C=O) groups is 1. The fraction of sp³-hybridized carbons (Fsp3) is 0.182. The second-order valence-corrected chi connectivity index (χ2v) is 2.77. The lowest BCUT2D eigenvalue weighted by molar-refractivity contribution is 0.177. The van der Waals surface area contributed by atoms with Crippen molar-refractivity contribution >= 4 is 6.09 Å². The lowest BCUT2D eigenvalue weighted by Crippen LogP contribution is -2.24. The molecule has 1 aromatic carbocycles. The quantitative estimate of drug-likeness (QED) is 0.719. The summed E-state index contributed by atoms with van der Waals surface area (Å²) >= 11 is 0. The maximum absolute atomic E-state index is 11.4. The Balaban J connectivity index is 2.57. The van der Waals surface area contributed by atoms with Crippen molar-refractivity contribution in [2.45, 2.75) is 6.92 Å². The summed E-state index contributed by atoms with van der Waals surface area (Å²) < 4.78 is 5.06. The lowest BCUT2D eigenvalue weighted by Gasteiger charge is -2.11. The van der Waals surface area contributed by atoms with E-state index in [1.165, 1.54) is 4.90 Å². The van der Waals surface area contributed by atoms with Crippen LogP contribution in [0.1, 0.15) is 6.92 Å². The molecule has 0 aromatic heterocycles. The predicted octanol–water partition coefficient (Wildman–Crippen LogP) is 2.65. The number of hydrogen-bond donors (Lipinski definition) is 0. The van der Waals surface area contributed by atoms with E-state index in [1.807, 2.05) is 25.1 Å². The first-order chi connectivity index (χ1) is 6.74. The number of allylic oxidation sites excluding steroid dienone is 1. The molecule has 0 aliphatic rings. The van der Waals surface area contributed by atoms with Gasteiger partial charge in [-0.15, -0.1) is 0 Å². The highest BCUT2D eigenvalue weighted by Gasteiger charge is 2.06. The van der Waals surface area contributed by atoms with Gasteiger partial charge < -0.3 is 4.74 Å². The predicted molar refractivity (Wildman–Crippen MR) is 55.0 cm³/mol. The van der Waals surface area contributed by atoms with E-state index in [0.717, 1.165) is 0 Å². The topological polar surface area (TPSA) is 29.5 Å². The van der Waals surface area contributed by atoms with Crippen molar-refractivity contribution in [2.75, 3.05) is 7.05 Å². The molecule has 0 radical (unpaired) electrons. The summed E-state index contributed by atoms with van der Waals surface area (Å²) in [6.45, 7) is 1.84. The van der Waals surface area contributed by atoms with Gasteiger partial charge in [0.05, 0.1) is 0 Å². The lowest BCUT2D eigenvalue weighted by atomic mass is 10.3. The van der Waals surface area contributed by atoms with Crippen LogP contribution in [0.4, 0.5) is 4.79 Å². The fourth-order valence-electron chi connectivity index (χ4n) is 0.946. The molecule has 0 aliphatic carbocycles. The molecule has 0 unspecified atom stereocenters. The Bertz CT molecular complexity index is 319. The van der Waals surface area contributed by atoms with Gasteiger partial charge in [0.25, 0.3) is 0 Å². The van der Waals surface area contributed by atoms with E-state index in [2.05, 4.69) is 0 Å². The molecule has 1 amide bonds. The molecule has 74 valence electrons. The van der Waals surface area contributed by atoms with E-state index < -0.39 is 6.09 Å². The van der Waals surface area contributed by atoms with Gasteiger partial charge in [0, 0.05) is 13.2 Å². The van der Waals surface area contributed by atoms with Crippen LogP contribution >= 0.6 is 0 Å². The zero-order valence-electron chi connectivity index (χ0n) is 8.31. The van der Waals surface area contributed by atoms with E-state index in [4.69, 9.17) is 4.74 Å². The Hall–Kier alpha value is -1.77. The zero-order valence-corrected chi connectivity index (χ0v) is 8.31. The SMILES string of the molecule is C/C=C/N(C)C(=O)Oc1ccccc1. The molecular formula is C11H13NO2. The molecule has 0 N–H and O–H groups in total. The van der Waals surface area contributed by atoms with Crippen molar-refractivity contribution in [1.82, 2.24) is 4.90 Å². The molecule has 0 bridgehead atoms. The number of hydrogen-bond acceptors (Lipinski definition) is 2. The fourth-order valence-corrected chi connectivity index (χ4v) is 0.946. The van der Waals surface area contributed by atoms with Crippen LogP contribution in [0.2, 0.25) is 0 Å². The van der Waals surface area contributed by atoms with Crippen LogP contribution < -0.4 is 4.74 Å². The van der Waals surface area contributed by atoms with Crippen LogP contribution in [0, 0.1) is 0 Å². The number of carbonyl (C=O) groups excluding carboxylic acids is 1. The van der Waals surface area contributed by atoms with Crippen molar-refractivity contribution in [3.05, 3.63) is 42.6 Å². The Kier molecular flexibility index (Phi) is 3.73. The van der Waals surface area contributed by atoms with Gasteiger partial charge in [-0.25, -0.2) is 4.79 Å². The van der Waals surface area contributed by atoms with Gasteiger partial charge in [0.2, 0.25) is 0 Å². The van der Waals surface area contributed by atoms with E-state index in [9.17, 15) is 4.79 Å². The van der Waals surface area contributed by atoms with Crippen LogP contribution in [0.3, 0.4) is 0 Å². The molecule has 0 fully saturated rings. The Morgan fingerprint density at radius 2 is 2.00 bits per heavy atom. The Morgan fingerprint density at radius 1 is 1.36 bits per heavy atom. The van der Waals surface area contributed by atoms with E-state index in [-0.39, 0.29) is 0 Å². The second kappa shape index (κ2) is 5.07. The molecular weight excluding hydrogens is 178 g/mol. The molecule has 1 rings (SSSR count). The molecule has 0 aliphatic heterocycles. The number of para-hydroxylation sites is 1. The van der Waals surface area contributed by atoms with Gasteiger partial charge in [-0.2, -0.15) is 0 Å². The average molecular weight is 191 g/mol. The Labute approximate surface area is 83.6 Å². The maximum atomic E-state index is 11.4. The zero-order chi connectivity index (χ0) is 10.4. The highest BCUT2D eigenvalue weighted by atomic mass is 16.6. The van der Waals surface area contributed by atoms with Gasteiger partial charge in [0.15, 0.2) is 0 Å². The van der Waals surface area contributed by atoms with Gasteiger partial charge in [0.1, 0.15) is 5.75 Å².